The third kappa shape index (κ3) is 4.19. The first-order chi connectivity index (χ1) is 14.3. The van der Waals surface area contributed by atoms with Gasteiger partial charge in [-0.25, -0.2) is 13.1 Å². The number of hydrogen-bond donors (Lipinski definition) is 2. The van der Waals surface area contributed by atoms with Crippen molar-refractivity contribution < 1.29 is 13.2 Å². The summed E-state index contributed by atoms with van der Waals surface area (Å²) < 4.78 is 26.1. The van der Waals surface area contributed by atoms with Gasteiger partial charge in [0.25, 0.3) is 5.91 Å². The number of aromatic nitrogens is 1. The fourth-order valence-electron chi connectivity index (χ4n) is 3.41. The van der Waals surface area contributed by atoms with E-state index in [4.69, 9.17) is 16.6 Å². The number of benzene rings is 2. The second-order valence-electron chi connectivity index (χ2n) is 7.50. The molecule has 4 rings (SSSR count). The highest BCUT2D eigenvalue weighted by atomic mass is 35.5. The van der Waals surface area contributed by atoms with Gasteiger partial charge in [0.05, 0.1) is 22.0 Å². The lowest BCUT2D eigenvalue weighted by Gasteiger charge is -2.16. The summed E-state index contributed by atoms with van der Waals surface area (Å²) in [6.07, 6.45) is 2.18. The minimum Gasteiger partial charge on any atom is -0.345 e. The van der Waals surface area contributed by atoms with Crippen LogP contribution in [0.5, 0.6) is 0 Å². The molecule has 2 aromatic carbocycles. The van der Waals surface area contributed by atoms with Gasteiger partial charge in [-0.2, -0.15) is 0 Å². The van der Waals surface area contributed by atoms with E-state index in [0.29, 0.717) is 21.9 Å². The minimum absolute atomic E-state index is 0.177. The highest BCUT2D eigenvalue weighted by molar-refractivity contribution is 7.89. The topological polar surface area (TPSA) is 88.2 Å². The van der Waals surface area contributed by atoms with Gasteiger partial charge in [0.2, 0.25) is 10.0 Å². The molecule has 1 aliphatic carbocycles. The summed E-state index contributed by atoms with van der Waals surface area (Å²) in [6, 6.07) is 13.4. The molecule has 1 saturated carbocycles. The molecule has 1 heterocycles. The number of nitrogens with zero attached hydrogens (tertiary/aromatic N) is 1. The van der Waals surface area contributed by atoms with E-state index in [1.165, 1.54) is 19.2 Å². The van der Waals surface area contributed by atoms with Crippen molar-refractivity contribution in [3.63, 3.8) is 0 Å². The second-order valence-corrected chi connectivity index (χ2v) is 9.83. The lowest BCUT2D eigenvalue weighted by atomic mass is 10.0. The number of fused-ring (bicyclic) bond motifs is 1. The molecule has 1 amide bonds. The van der Waals surface area contributed by atoms with Crippen molar-refractivity contribution in [1.82, 2.24) is 15.0 Å². The first-order valence-corrected chi connectivity index (χ1v) is 11.6. The molecule has 0 radical (unpaired) electrons. The molecule has 1 fully saturated rings. The van der Waals surface area contributed by atoms with Gasteiger partial charge >= 0.3 is 0 Å². The Hall–Kier alpha value is -2.48. The molecule has 1 aromatic heterocycles. The molecule has 30 heavy (non-hydrogen) atoms. The van der Waals surface area contributed by atoms with Crippen LogP contribution < -0.4 is 10.0 Å². The predicted molar refractivity (Wildman–Crippen MR) is 117 cm³/mol. The van der Waals surface area contributed by atoms with E-state index in [1.54, 1.807) is 24.3 Å². The van der Waals surface area contributed by atoms with Crippen molar-refractivity contribution in [1.29, 1.82) is 0 Å². The molecular formula is C22H22ClN3O3S. The maximum atomic E-state index is 13.1. The highest BCUT2D eigenvalue weighted by Gasteiger charge is 2.27. The van der Waals surface area contributed by atoms with Crippen molar-refractivity contribution in [2.75, 3.05) is 7.05 Å². The van der Waals surface area contributed by atoms with E-state index in [9.17, 15) is 13.2 Å². The molecule has 8 heteroatoms. The average molecular weight is 444 g/mol. The summed E-state index contributed by atoms with van der Waals surface area (Å²) in [6.45, 7) is 1.86. The van der Waals surface area contributed by atoms with Crippen LogP contribution in [-0.2, 0) is 10.0 Å². The normalized spacial score (nSPS) is 15.2. The Bertz CT molecular complexity index is 1220. The smallest absolute Gasteiger partial charge is 0.252 e. The van der Waals surface area contributed by atoms with Gasteiger partial charge in [-0.05, 0) is 68.8 Å². The number of rotatable bonds is 6. The molecule has 1 aliphatic rings. The number of amides is 1. The molecular weight excluding hydrogens is 422 g/mol. The molecule has 0 bridgehead atoms. The minimum atomic E-state index is -3.50. The van der Waals surface area contributed by atoms with Gasteiger partial charge in [-0.3, -0.25) is 9.78 Å². The number of pyridine rings is 1. The molecule has 1 unspecified atom stereocenters. The SMILES string of the molecule is CNS(=O)(=O)c1ccc(C(C)NC(=O)c2cc(C3CC3)nc3ccc(Cl)cc23)cc1. The van der Waals surface area contributed by atoms with Gasteiger partial charge in [-0.1, -0.05) is 23.7 Å². The maximum absolute atomic E-state index is 13.1. The zero-order valence-electron chi connectivity index (χ0n) is 16.6. The number of hydrogen-bond acceptors (Lipinski definition) is 4. The number of carbonyl (C=O) groups excluding carboxylic acids is 1. The van der Waals surface area contributed by atoms with E-state index in [2.05, 4.69) is 10.0 Å². The van der Waals surface area contributed by atoms with Crippen LogP contribution >= 0.6 is 11.6 Å². The first kappa shape index (κ1) is 20.8. The molecule has 3 aromatic rings. The summed E-state index contributed by atoms with van der Waals surface area (Å²) in [5, 5.41) is 4.27. The van der Waals surface area contributed by atoms with Crippen molar-refractivity contribution in [3.8, 4) is 0 Å². The van der Waals surface area contributed by atoms with Crippen LogP contribution in [0.4, 0.5) is 0 Å². The fraction of sp³-hybridized carbons (Fsp3) is 0.273. The van der Waals surface area contributed by atoms with Crippen LogP contribution in [0, 0.1) is 0 Å². The third-order valence-electron chi connectivity index (χ3n) is 5.34. The van der Waals surface area contributed by atoms with E-state index in [0.717, 1.165) is 29.6 Å². The van der Waals surface area contributed by atoms with E-state index in [1.807, 2.05) is 19.1 Å². The molecule has 156 valence electrons. The van der Waals surface area contributed by atoms with Gasteiger partial charge in [0.1, 0.15) is 0 Å². The van der Waals surface area contributed by atoms with Gasteiger partial charge < -0.3 is 5.32 Å². The Morgan fingerprint density at radius 1 is 1.13 bits per heavy atom. The third-order valence-corrected chi connectivity index (χ3v) is 7.00. The van der Waals surface area contributed by atoms with E-state index < -0.39 is 10.0 Å². The first-order valence-electron chi connectivity index (χ1n) is 9.73. The zero-order chi connectivity index (χ0) is 21.5. The summed E-state index contributed by atoms with van der Waals surface area (Å²) in [4.78, 5) is 18.0. The number of halogens is 1. The predicted octanol–water partition coefficient (Wildman–Crippen LogP) is 4.16. The van der Waals surface area contributed by atoms with Crippen molar-refractivity contribution in [2.24, 2.45) is 0 Å². The van der Waals surface area contributed by atoms with E-state index in [-0.39, 0.29) is 16.8 Å². The maximum Gasteiger partial charge on any atom is 0.252 e. The van der Waals surface area contributed by atoms with Crippen LogP contribution in [0.15, 0.2) is 53.4 Å². The lowest BCUT2D eigenvalue weighted by molar-refractivity contribution is 0.0941. The monoisotopic (exact) mass is 443 g/mol. The molecule has 6 nitrogen and oxygen atoms in total. The Kier molecular flexibility index (Phi) is 5.53. The van der Waals surface area contributed by atoms with Crippen LogP contribution in [0.1, 0.15) is 53.3 Å². The van der Waals surface area contributed by atoms with Crippen LogP contribution in [0.3, 0.4) is 0 Å². The quantitative estimate of drug-likeness (QED) is 0.598. The van der Waals surface area contributed by atoms with Gasteiger partial charge in [-0.15, -0.1) is 0 Å². The van der Waals surface area contributed by atoms with Crippen LogP contribution in [-0.4, -0.2) is 26.4 Å². The van der Waals surface area contributed by atoms with Crippen LogP contribution in [0.25, 0.3) is 10.9 Å². The fourth-order valence-corrected chi connectivity index (χ4v) is 4.31. The van der Waals surface area contributed by atoms with Crippen LogP contribution in [0.2, 0.25) is 5.02 Å². The molecule has 2 N–H and O–H groups in total. The van der Waals surface area contributed by atoms with Gasteiger partial charge in [0.15, 0.2) is 0 Å². The molecule has 1 atom stereocenters. The Labute approximate surface area is 180 Å². The second kappa shape index (κ2) is 7.98. The zero-order valence-corrected chi connectivity index (χ0v) is 18.2. The lowest BCUT2D eigenvalue weighted by Crippen LogP contribution is -2.27. The van der Waals surface area contributed by atoms with Crippen molar-refractivity contribution in [2.45, 2.75) is 36.6 Å². The number of carbonyl (C=O) groups is 1. The Balaban J connectivity index is 1.62. The Morgan fingerprint density at radius 2 is 1.83 bits per heavy atom. The van der Waals surface area contributed by atoms with Crippen molar-refractivity contribution >= 4 is 38.4 Å². The highest BCUT2D eigenvalue weighted by Crippen LogP contribution is 2.40. The summed E-state index contributed by atoms with van der Waals surface area (Å²) >= 11 is 6.16. The molecule has 0 spiro atoms. The summed E-state index contributed by atoms with van der Waals surface area (Å²) in [5.74, 6) is 0.196. The largest absolute Gasteiger partial charge is 0.345 e. The Morgan fingerprint density at radius 3 is 2.47 bits per heavy atom. The number of sulfonamides is 1. The van der Waals surface area contributed by atoms with E-state index >= 15 is 0 Å². The van der Waals surface area contributed by atoms with Crippen molar-refractivity contribution in [3.05, 3.63) is 70.4 Å². The molecule has 0 aliphatic heterocycles. The summed E-state index contributed by atoms with van der Waals surface area (Å²) in [5.41, 5.74) is 3.04. The van der Waals surface area contributed by atoms with Gasteiger partial charge in [0, 0.05) is 22.0 Å². The standard InChI is InChI=1S/C22H22ClN3O3S/c1-13(14-5-8-17(9-6-14)30(28,29)24-2)25-22(27)19-12-21(15-3-4-15)26-20-10-7-16(23)11-18(19)20/h5-13,15,24H,3-4H2,1-2H3,(H,25,27). The number of nitrogens with one attached hydrogen (secondary N) is 2. The summed E-state index contributed by atoms with van der Waals surface area (Å²) in [7, 11) is -2.13. The molecule has 0 saturated heterocycles. The average Bonchev–Trinajstić information content (AvgIpc) is 3.58.